The minimum Gasteiger partial charge on any atom is -0.494 e. The van der Waals surface area contributed by atoms with Gasteiger partial charge in [-0.05, 0) is 42.3 Å². The quantitative estimate of drug-likeness (QED) is 0.703. The second kappa shape index (κ2) is 6.84. The first-order chi connectivity index (χ1) is 12.8. The van der Waals surface area contributed by atoms with Crippen molar-refractivity contribution in [2.75, 3.05) is 11.9 Å². The molecule has 0 spiro atoms. The highest BCUT2D eigenvalue weighted by Crippen LogP contribution is 2.37. The van der Waals surface area contributed by atoms with Crippen LogP contribution in [0.1, 0.15) is 18.1 Å². The molecule has 0 saturated heterocycles. The zero-order valence-electron chi connectivity index (χ0n) is 14.4. The summed E-state index contributed by atoms with van der Waals surface area (Å²) in [6, 6.07) is 17.6. The molecule has 0 unspecified atom stereocenters. The summed E-state index contributed by atoms with van der Waals surface area (Å²) in [7, 11) is 0. The van der Waals surface area contributed by atoms with Gasteiger partial charge in [0.15, 0.2) is 0 Å². The number of nitrogens with zero attached hydrogens (tertiary/aromatic N) is 1. The van der Waals surface area contributed by atoms with Crippen molar-refractivity contribution < 1.29 is 9.53 Å². The molecular formula is C22H18N2O2. The van der Waals surface area contributed by atoms with Gasteiger partial charge in [0.05, 0.1) is 12.3 Å². The monoisotopic (exact) mass is 342 g/mol. The molecule has 3 aromatic rings. The van der Waals surface area contributed by atoms with Gasteiger partial charge >= 0.3 is 0 Å². The lowest BCUT2D eigenvalue weighted by atomic mass is 9.97. The Morgan fingerprint density at radius 2 is 1.96 bits per heavy atom. The molecule has 4 rings (SSSR count). The first-order valence-electron chi connectivity index (χ1n) is 8.56. The van der Waals surface area contributed by atoms with Gasteiger partial charge in [0.2, 0.25) is 0 Å². The molecule has 2 heterocycles. The number of carbonyl (C=O) groups excluding carboxylic acids is 1. The van der Waals surface area contributed by atoms with Crippen LogP contribution in [0, 0.1) is 0 Å². The third-order valence-corrected chi connectivity index (χ3v) is 4.32. The molecule has 1 aliphatic rings. The van der Waals surface area contributed by atoms with E-state index in [0.717, 1.165) is 33.7 Å². The molecule has 1 amide bonds. The van der Waals surface area contributed by atoms with Crippen molar-refractivity contribution in [2.24, 2.45) is 0 Å². The lowest BCUT2D eigenvalue weighted by Gasteiger charge is -2.07. The Kier molecular flexibility index (Phi) is 4.23. The fraction of sp³-hybridized carbons (Fsp3) is 0.0909. The number of pyridine rings is 1. The van der Waals surface area contributed by atoms with E-state index in [1.165, 1.54) is 0 Å². The first-order valence-corrected chi connectivity index (χ1v) is 8.56. The number of fused-ring (bicyclic) bond motifs is 1. The van der Waals surface area contributed by atoms with E-state index in [-0.39, 0.29) is 5.91 Å². The molecule has 0 atom stereocenters. The molecule has 0 radical (unpaired) electrons. The smallest absolute Gasteiger partial charge is 0.256 e. The van der Waals surface area contributed by atoms with Gasteiger partial charge in [-0.3, -0.25) is 9.78 Å². The van der Waals surface area contributed by atoms with Gasteiger partial charge in [-0.15, -0.1) is 0 Å². The predicted octanol–water partition coefficient (Wildman–Crippen LogP) is 4.64. The Hall–Kier alpha value is -3.40. The molecule has 0 fully saturated rings. The van der Waals surface area contributed by atoms with Gasteiger partial charge in [0, 0.05) is 35.2 Å². The lowest BCUT2D eigenvalue weighted by molar-refractivity contribution is -0.110. The van der Waals surface area contributed by atoms with Crippen molar-refractivity contribution in [3.63, 3.8) is 0 Å². The molecule has 4 nitrogen and oxygen atoms in total. The zero-order chi connectivity index (χ0) is 17.9. The standard InChI is InChI=1S/C22H18N2O2/c1-2-26-17-9-10-19-20(22(25)24-21(19)13-17)12-15-6-3-4-8-18(15)16-7-5-11-23-14-16/h3-14H,2H2,1H3,(H,24,25)/b20-12+. The van der Waals surface area contributed by atoms with Crippen LogP contribution >= 0.6 is 0 Å². The van der Waals surface area contributed by atoms with Crippen LogP contribution in [-0.4, -0.2) is 17.5 Å². The lowest BCUT2D eigenvalue weighted by Crippen LogP contribution is -2.03. The van der Waals surface area contributed by atoms with Crippen LogP contribution in [0.4, 0.5) is 5.69 Å². The highest BCUT2D eigenvalue weighted by molar-refractivity contribution is 6.35. The second-order valence-electron chi connectivity index (χ2n) is 5.98. The number of benzene rings is 2. The summed E-state index contributed by atoms with van der Waals surface area (Å²) in [5.41, 5.74) is 5.36. The molecule has 0 bridgehead atoms. The fourth-order valence-electron chi connectivity index (χ4n) is 3.14. The molecule has 1 aliphatic heterocycles. The molecule has 2 aromatic carbocycles. The van der Waals surface area contributed by atoms with E-state index < -0.39 is 0 Å². The van der Waals surface area contributed by atoms with Gasteiger partial charge < -0.3 is 10.1 Å². The van der Waals surface area contributed by atoms with Gasteiger partial charge in [0.1, 0.15) is 5.75 Å². The maximum Gasteiger partial charge on any atom is 0.256 e. The minimum atomic E-state index is -0.102. The second-order valence-corrected chi connectivity index (χ2v) is 5.98. The number of hydrogen-bond donors (Lipinski definition) is 1. The van der Waals surface area contributed by atoms with Gasteiger partial charge in [-0.25, -0.2) is 0 Å². The topological polar surface area (TPSA) is 51.2 Å². The van der Waals surface area contributed by atoms with Crippen molar-refractivity contribution >= 4 is 23.2 Å². The molecule has 0 aliphatic carbocycles. The van der Waals surface area contributed by atoms with Crippen molar-refractivity contribution in [1.82, 2.24) is 4.98 Å². The average molecular weight is 342 g/mol. The van der Waals surface area contributed by atoms with E-state index in [4.69, 9.17) is 4.74 Å². The molecule has 26 heavy (non-hydrogen) atoms. The van der Waals surface area contributed by atoms with Crippen molar-refractivity contribution in [2.45, 2.75) is 6.92 Å². The Bertz CT molecular complexity index is 994. The largest absolute Gasteiger partial charge is 0.494 e. The van der Waals surface area contributed by atoms with E-state index in [9.17, 15) is 4.79 Å². The highest BCUT2D eigenvalue weighted by Gasteiger charge is 2.24. The summed E-state index contributed by atoms with van der Waals surface area (Å²) >= 11 is 0. The van der Waals surface area contributed by atoms with Crippen LogP contribution in [0.5, 0.6) is 5.75 Å². The van der Waals surface area contributed by atoms with Crippen LogP contribution in [0.2, 0.25) is 0 Å². The van der Waals surface area contributed by atoms with Crippen LogP contribution in [0.3, 0.4) is 0 Å². The van der Waals surface area contributed by atoms with Gasteiger partial charge in [-0.2, -0.15) is 0 Å². The van der Waals surface area contributed by atoms with Crippen LogP contribution in [0.15, 0.2) is 67.0 Å². The minimum absolute atomic E-state index is 0.102. The number of hydrogen-bond acceptors (Lipinski definition) is 3. The number of carbonyl (C=O) groups is 1. The Labute approximate surface area is 152 Å². The normalized spacial score (nSPS) is 14.2. The van der Waals surface area contributed by atoms with Crippen LogP contribution in [-0.2, 0) is 4.79 Å². The molecular weight excluding hydrogens is 324 g/mol. The van der Waals surface area contributed by atoms with Crippen LogP contribution < -0.4 is 10.1 Å². The Balaban J connectivity index is 1.78. The third-order valence-electron chi connectivity index (χ3n) is 4.32. The predicted molar refractivity (Wildman–Crippen MR) is 104 cm³/mol. The number of aromatic nitrogens is 1. The van der Waals surface area contributed by atoms with Crippen molar-refractivity contribution in [1.29, 1.82) is 0 Å². The maximum atomic E-state index is 12.5. The molecule has 1 N–H and O–H groups in total. The summed E-state index contributed by atoms with van der Waals surface area (Å²) in [6.45, 7) is 2.53. The van der Waals surface area contributed by atoms with Crippen molar-refractivity contribution in [3.05, 3.63) is 78.1 Å². The van der Waals surface area contributed by atoms with E-state index in [1.54, 1.807) is 6.20 Å². The summed E-state index contributed by atoms with van der Waals surface area (Å²) in [5, 5.41) is 2.93. The summed E-state index contributed by atoms with van der Waals surface area (Å²) in [4.78, 5) is 16.7. The molecule has 128 valence electrons. The average Bonchev–Trinajstić information content (AvgIpc) is 2.98. The van der Waals surface area contributed by atoms with Gasteiger partial charge in [-0.1, -0.05) is 30.3 Å². The summed E-state index contributed by atoms with van der Waals surface area (Å²) in [6.07, 6.45) is 5.51. The SMILES string of the molecule is CCOc1ccc2c(c1)NC(=O)/C2=C/c1ccccc1-c1cccnc1. The Morgan fingerprint density at radius 3 is 2.77 bits per heavy atom. The first kappa shape index (κ1) is 16.1. The molecule has 0 saturated carbocycles. The van der Waals surface area contributed by atoms with E-state index in [2.05, 4.69) is 10.3 Å². The molecule has 1 aromatic heterocycles. The number of amides is 1. The van der Waals surface area contributed by atoms with Crippen LogP contribution in [0.25, 0.3) is 22.8 Å². The number of anilines is 1. The van der Waals surface area contributed by atoms with Crippen molar-refractivity contribution in [3.8, 4) is 16.9 Å². The zero-order valence-corrected chi connectivity index (χ0v) is 14.4. The maximum absolute atomic E-state index is 12.5. The van der Waals surface area contributed by atoms with E-state index in [1.807, 2.05) is 73.8 Å². The molecule has 4 heteroatoms. The number of ether oxygens (including phenoxy) is 1. The highest BCUT2D eigenvalue weighted by atomic mass is 16.5. The fourth-order valence-corrected chi connectivity index (χ4v) is 3.14. The summed E-state index contributed by atoms with van der Waals surface area (Å²) < 4.78 is 5.52. The van der Waals surface area contributed by atoms with Gasteiger partial charge in [0.25, 0.3) is 5.91 Å². The summed E-state index contributed by atoms with van der Waals surface area (Å²) in [5.74, 6) is 0.651. The number of nitrogens with one attached hydrogen (secondary N) is 1. The third kappa shape index (κ3) is 2.97. The van der Waals surface area contributed by atoms with E-state index >= 15 is 0 Å². The Morgan fingerprint density at radius 1 is 1.08 bits per heavy atom. The number of rotatable bonds is 4. The van der Waals surface area contributed by atoms with E-state index in [0.29, 0.717) is 12.2 Å².